The summed E-state index contributed by atoms with van der Waals surface area (Å²) in [6.07, 6.45) is 3.23. The van der Waals surface area contributed by atoms with E-state index in [0.717, 1.165) is 31.4 Å². The second kappa shape index (κ2) is 8.57. The van der Waals surface area contributed by atoms with Crippen LogP contribution < -0.4 is 4.90 Å². The molecule has 0 unspecified atom stereocenters. The fourth-order valence-corrected chi connectivity index (χ4v) is 8.08. The molecule has 2 fully saturated rings. The monoisotopic (exact) mass is 422 g/mol. The second-order valence-electron chi connectivity index (χ2n) is 7.55. The molecule has 2 heterocycles. The smallest absolute Gasteiger partial charge is 0.251 e. The second-order valence-corrected chi connectivity index (χ2v) is 10.9. The lowest BCUT2D eigenvalue weighted by atomic mass is 10.0. The van der Waals surface area contributed by atoms with Gasteiger partial charge in [0.05, 0.1) is 17.5 Å². The minimum absolute atomic E-state index is 0.0622. The maximum atomic E-state index is 12.7. The summed E-state index contributed by atoms with van der Waals surface area (Å²) in [4.78, 5) is 19.4. The van der Waals surface area contributed by atoms with Gasteiger partial charge in [0, 0.05) is 16.9 Å². The standard InChI is InChI=1S/C21H30N2O3S2/c1-5-14(6-2)20(24)22-21-23(17-12-28(25,26)13-18(17)27-21)19-15(7-3)10-9-11-16(19)8-4/h9-11,14,17-18H,5-8,12-13H2,1-4H3/t17-,18-/m0/s1. The van der Waals surface area contributed by atoms with Gasteiger partial charge in [0.1, 0.15) is 0 Å². The first-order valence-electron chi connectivity index (χ1n) is 10.2. The number of nitrogens with zero attached hydrogens (tertiary/aromatic N) is 2. The van der Waals surface area contributed by atoms with Crippen LogP contribution in [0.5, 0.6) is 0 Å². The van der Waals surface area contributed by atoms with E-state index in [2.05, 4.69) is 41.9 Å². The van der Waals surface area contributed by atoms with Crippen molar-refractivity contribution in [1.29, 1.82) is 0 Å². The molecule has 1 aromatic carbocycles. The number of aryl methyl sites for hydroxylation is 2. The van der Waals surface area contributed by atoms with E-state index in [-0.39, 0.29) is 34.6 Å². The average molecular weight is 423 g/mol. The summed E-state index contributed by atoms with van der Waals surface area (Å²) in [7, 11) is -3.07. The van der Waals surface area contributed by atoms with Gasteiger partial charge >= 0.3 is 0 Å². The Balaban J connectivity index is 2.11. The first kappa shape index (κ1) is 21.4. The van der Waals surface area contributed by atoms with Crippen LogP contribution in [0.4, 0.5) is 5.69 Å². The topological polar surface area (TPSA) is 66.8 Å². The molecular formula is C21H30N2O3S2. The van der Waals surface area contributed by atoms with Gasteiger partial charge in [-0.3, -0.25) is 4.79 Å². The van der Waals surface area contributed by atoms with Crippen LogP contribution in [0.25, 0.3) is 0 Å². The summed E-state index contributed by atoms with van der Waals surface area (Å²) >= 11 is 1.47. The number of aliphatic imine (C=N–C) groups is 1. The van der Waals surface area contributed by atoms with Crippen LogP contribution in [0.2, 0.25) is 0 Å². The lowest BCUT2D eigenvalue weighted by molar-refractivity contribution is -0.121. The fraction of sp³-hybridized carbons (Fsp3) is 0.619. The molecule has 0 bridgehead atoms. The van der Waals surface area contributed by atoms with Crippen LogP contribution in [0.3, 0.4) is 0 Å². The molecule has 2 saturated heterocycles. The number of fused-ring (bicyclic) bond motifs is 1. The van der Waals surface area contributed by atoms with Crippen LogP contribution in [-0.4, -0.2) is 42.3 Å². The third-order valence-electron chi connectivity index (χ3n) is 5.81. The number of thioether (sulfide) groups is 1. The molecule has 7 heteroatoms. The van der Waals surface area contributed by atoms with Crippen LogP contribution in [0, 0.1) is 5.92 Å². The number of carbonyl (C=O) groups excluding carboxylic acids is 1. The number of hydrogen-bond donors (Lipinski definition) is 0. The number of hydrogen-bond acceptors (Lipinski definition) is 4. The zero-order valence-corrected chi connectivity index (χ0v) is 18.8. The average Bonchev–Trinajstić information content (AvgIpc) is 3.12. The summed E-state index contributed by atoms with van der Waals surface area (Å²) < 4.78 is 24.6. The van der Waals surface area contributed by atoms with Crippen LogP contribution >= 0.6 is 11.8 Å². The third-order valence-corrected chi connectivity index (χ3v) is 9.02. The predicted octanol–water partition coefficient (Wildman–Crippen LogP) is 3.85. The number of amidine groups is 1. The molecule has 2 aliphatic heterocycles. The number of anilines is 1. The van der Waals surface area contributed by atoms with Gasteiger partial charge in [0.25, 0.3) is 5.91 Å². The molecule has 0 aliphatic carbocycles. The van der Waals surface area contributed by atoms with Crippen molar-refractivity contribution >= 4 is 38.4 Å². The number of sulfone groups is 1. The largest absolute Gasteiger partial charge is 0.315 e. The van der Waals surface area contributed by atoms with Crippen LogP contribution in [0.1, 0.15) is 51.7 Å². The van der Waals surface area contributed by atoms with Crippen molar-refractivity contribution in [1.82, 2.24) is 0 Å². The van der Waals surface area contributed by atoms with Crippen LogP contribution in [0.15, 0.2) is 23.2 Å². The predicted molar refractivity (Wildman–Crippen MR) is 118 cm³/mol. The molecule has 2 aliphatic rings. The maximum Gasteiger partial charge on any atom is 0.251 e. The minimum Gasteiger partial charge on any atom is -0.315 e. The van der Waals surface area contributed by atoms with E-state index >= 15 is 0 Å². The zero-order chi connectivity index (χ0) is 20.5. The number of rotatable bonds is 6. The van der Waals surface area contributed by atoms with E-state index in [1.807, 2.05) is 13.8 Å². The van der Waals surface area contributed by atoms with Gasteiger partial charge in [0.15, 0.2) is 15.0 Å². The van der Waals surface area contributed by atoms with Crippen molar-refractivity contribution in [3.8, 4) is 0 Å². The first-order chi connectivity index (χ1) is 13.3. The van der Waals surface area contributed by atoms with Gasteiger partial charge in [-0.1, -0.05) is 57.7 Å². The van der Waals surface area contributed by atoms with E-state index in [1.54, 1.807) is 0 Å². The van der Waals surface area contributed by atoms with Gasteiger partial charge in [0.2, 0.25) is 0 Å². The Morgan fingerprint density at radius 3 is 2.29 bits per heavy atom. The molecule has 1 aromatic rings. The molecule has 0 spiro atoms. The molecule has 0 radical (unpaired) electrons. The first-order valence-corrected chi connectivity index (χ1v) is 12.9. The molecule has 0 saturated carbocycles. The van der Waals surface area contributed by atoms with Crippen molar-refractivity contribution in [2.24, 2.45) is 10.9 Å². The summed E-state index contributed by atoms with van der Waals surface area (Å²) in [6.45, 7) is 8.23. The number of benzene rings is 1. The number of amides is 1. The molecule has 3 rings (SSSR count). The van der Waals surface area contributed by atoms with Gasteiger partial charge in [-0.25, -0.2) is 8.42 Å². The molecule has 0 N–H and O–H groups in total. The molecule has 1 amide bonds. The zero-order valence-electron chi connectivity index (χ0n) is 17.1. The van der Waals surface area contributed by atoms with Crippen molar-refractivity contribution in [3.63, 3.8) is 0 Å². The normalized spacial score (nSPS) is 24.9. The maximum absolute atomic E-state index is 12.7. The van der Waals surface area contributed by atoms with E-state index in [1.165, 1.54) is 22.9 Å². The Bertz CT molecular complexity index is 853. The van der Waals surface area contributed by atoms with E-state index in [9.17, 15) is 13.2 Å². The Labute approximate surface area is 172 Å². The molecule has 28 heavy (non-hydrogen) atoms. The lowest BCUT2D eigenvalue weighted by Gasteiger charge is -2.29. The summed E-state index contributed by atoms with van der Waals surface area (Å²) in [6, 6.07) is 6.09. The summed E-state index contributed by atoms with van der Waals surface area (Å²) in [5.41, 5.74) is 3.40. The molecular weight excluding hydrogens is 392 g/mol. The Hall–Kier alpha value is -1.34. The van der Waals surface area contributed by atoms with Gasteiger partial charge < -0.3 is 4.90 Å². The Morgan fingerprint density at radius 1 is 1.14 bits per heavy atom. The van der Waals surface area contributed by atoms with Crippen molar-refractivity contribution in [3.05, 3.63) is 29.3 Å². The van der Waals surface area contributed by atoms with Gasteiger partial charge in [-0.2, -0.15) is 4.99 Å². The van der Waals surface area contributed by atoms with E-state index in [4.69, 9.17) is 0 Å². The summed E-state index contributed by atoms with van der Waals surface area (Å²) in [5.74, 6) is 0.121. The molecule has 2 atom stereocenters. The fourth-order valence-electron chi connectivity index (χ4n) is 4.17. The quantitative estimate of drug-likeness (QED) is 0.697. The highest BCUT2D eigenvalue weighted by atomic mass is 32.2. The number of carbonyl (C=O) groups is 1. The minimum atomic E-state index is -3.07. The van der Waals surface area contributed by atoms with Crippen molar-refractivity contribution in [2.75, 3.05) is 16.4 Å². The van der Waals surface area contributed by atoms with Crippen molar-refractivity contribution in [2.45, 2.75) is 64.7 Å². The highest BCUT2D eigenvalue weighted by Crippen LogP contribution is 2.43. The van der Waals surface area contributed by atoms with Crippen LogP contribution in [-0.2, 0) is 27.5 Å². The number of para-hydroxylation sites is 1. The van der Waals surface area contributed by atoms with E-state index < -0.39 is 9.84 Å². The van der Waals surface area contributed by atoms with E-state index in [0.29, 0.717) is 5.17 Å². The van der Waals surface area contributed by atoms with Gasteiger partial charge in [-0.05, 0) is 36.8 Å². The highest BCUT2D eigenvalue weighted by molar-refractivity contribution is 8.16. The highest BCUT2D eigenvalue weighted by Gasteiger charge is 2.50. The Morgan fingerprint density at radius 2 is 1.75 bits per heavy atom. The molecule has 154 valence electrons. The summed E-state index contributed by atoms with van der Waals surface area (Å²) in [5, 5.41) is 0.616. The van der Waals surface area contributed by atoms with Crippen molar-refractivity contribution < 1.29 is 13.2 Å². The van der Waals surface area contributed by atoms with Gasteiger partial charge in [-0.15, -0.1) is 0 Å². The molecule has 5 nitrogen and oxygen atoms in total. The SMILES string of the molecule is CCc1cccc(CC)c1N1C(=NC(=O)C(CC)CC)S[C@H]2CS(=O)(=O)C[C@@H]21. The Kier molecular flexibility index (Phi) is 6.54. The molecule has 0 aromatic heterocycles. The third kappa shape index (κ3) is 4.01. The lowest BCUT2D eigenvalue weighted by Crippen LogP contribution is -2.39.